The van der Waals surface area contributed by atoms with Crippen molar-refractivity contribution in [1.82, 2.24) is 10.2 Å². The molecule has 1 aromatic carbocycles. The van der Waals surface area contributed by atoms with Gasteiger partial charge in [0.25, 0.3) is 0 Å². The van der Waals surface area contributed by atoms with E-state index in [9.17, 15) is 0 Å². The lowest BCUT2D eigenvalue weighted by atomic mass is 10.1. The molecule has 0 fully saturated rings. The summed E-state index contributed by atoms with van der Waals surface area (Å²) in [6.45, 7) is 6.36. The van der Waals surface area contributed by atoms with Crippen LogP contribution in [0.5, 0.6) is 0 Å². The summed E-state index contributed by atoms with van der Waals surface area (Å²) in [5, 5.41) is 7.51. The number of hydrogen-bond acceptors (Lipinski definition) is 3. The maximum absolute atomic E-state index is 5.84. The first-order valence-electron chi connectivity index (χ1n) is 5.65. The number of aryl methyl sites for hydroxylation is 1. The second-order valence-corrected chi connectivity index (χ2v) is 5.95. The fourth-order valence-corrected chi connectivity index (χ4v) is 2.62. The molecule has 0 spiro atoms. The first kappa shape index (κ1) is 12.0. The van der Waals surface area contributed by atoms with Crippen molar-refractivity contribution in [2.24, 2.45) is 0 Å². The van der Waals surface area contributed by atoms with Gasteiger partial charge in [0.05, 0.1) is 0 Å². The lowest BCUT2D eigenvalue weighted by Crippen LogP contribution is -1.89. The van der Waals surface area contributed by atoms with E-state index in [0.717, 1.165) is 16.8 Å². The summed E-state index contributed by atoms with van der Waals surface area (Å²) < 4.78 is 0. The van der Waals surface area contributed by atoms with E-state index in [1.165, 1.54) is 4.90 Å². The van der Waals surface area contributed by atoms with Crippen molar-refractivity contribution >= 4 is 17.6 Å². The molecular weight excluding hydrogens is 230 g/mol. The van der Waals surface area contributed by atoms with Crippen molar-refractivity contribution in [2.45, 2.75) is 30.9 Å². The molecule has 0 saturated heterocycles. The van der Waals surface area contributed by atoms with Crippen LogP contribution >= 0.6 is 11.8 Å². The van der Waals surface area contributed by atoms with E-state index in [0.29, 0.717) is 11.1 Å². The van der Waals surface area contributed by atoms with Crippen LogP contribution in [0.4, 0.5) is 5.82 Å². The smallest absolute Gasteiger partial charge is 0.153 e. The molecule has 4 heteroatoms. The fraction of sp³-hybridized carbons (Fsp3) is 0.308. The van der Waals surface area contributed by atoms with Crippen molar-refractivity contribution in [3.05, 3.63) is 30.0 Å². The predicted molar refractivity (Wildman–Crippen MR) is 74.2 cm³/mol. The maximum atomic E-state index is 5.84. The highest BCUT2D eigenvalue weighted by atomic mass is 32.2. The number of nitrogens with two attached hydrogens (primary N) is 1. The van der Waals surface area contributed by atoms with Crippen LogP contribution in [-0.4, -0.2) is 15.4 Å². The van der Waals surface area contributed by atoms with Gasteiger partial charge in [-0.1, -0.05) is 26.0 Å². The van der Waals surface area contributed by atoms with Crippen LogP contribution in [0, 0.1) is 6.92 Å². The lowest BCUT2D eigenvalue weighted by molar-refractivity contribution is 1.05. The highest BCUT2D eigenvalue weighted by Gasteiger charge is 2.09. The highest BCUT2D eigenvalue weighted by molar-refractivity contribution is 7.99. The van der Waals surface area contributed by atoms with Gasteiger partial charge in [0, 0.05) is 21.4 Å². The number of thioether (sulfide) groups is 1. The van der Waals surface area contributed by atoms with Crippen molar-refractivity contribution in [3.63, 3.8) is 0 Å². The number of benzene rings is 1. The normalized spacial score (nSPS) is 11.1. The monoisotopic (exact) mass is 247 g/mol. The molecule has 0 aliphatic rings. The Morgan fingerprint density at radius 1 is 1.24 bits per heavy atom. The van der Waals surface area contributed by atoms with Gasteiger partial charge in [-0.2, -0.15) is 5.10 Å². The van der Waals surface area contributed by atoms with Crippen LogP contribution in [-0.2, 0) is 0 Å². The van der Waals surface area contributed by atoms with Crippen LogP contribution in [0.1, 0.15) is 19.5 Å². The van der Waals surface area contributed by atoms with Crippen LogP contribution < -0.4 is 5.73 Å². The Bertz CT molecular complexity index is 480. The molecule has 0 aliphatic heterocycles. The summed E-state index contributed by atoms with van der Waals surface area (Å²) in [6, 6.07) is 8.45. The van der Waals surface area contributed by atoms with Gasteiger partial charge in [-0.05, 0) is 24.6 Å². The Morgan fingerprint density at radius 2 is 1.88 bits per heavy atom. The van der Waals surface area contributed by atoms with Crippen LogP contribution in [0.2, 0.25) is 0 Å². The third-order valence-corrected chi connectivity index (χ3v) is 3.51. The predicted octanol–water partition coefficient (Wildman–Crippen LogP) is 3.47. The number of nitrogen functional groups attached to an aromatic ring is 1. The molecule has 1 heterocycles. The number of rotatable bonds is 3. The van der Waals surface area contributed by atoms with E-state index in [-0.39, 0.29) is 0 Å². The van der Waals surface area contributed by atoms with Gasteiger partial charge in [0.1, 0.15) is 0 Å². The van der Waals surface area contributed by atoms with Gasteiger partial charge < -0.3 is 5.73 Å². The Kier molecular flexibility index (Phi) is 3.43. The molecule has 0 unspecified atom stereocenters. The number of H-pyrrole nitrogens is 1. The second kappa shape index (κ2) is 4.84. The van der Waals surface area contributed by atoms with E-state index in [4.69, 9.17) is 5.73 Å². The maximum Gasteiger partial charge on any atom is 0.153 e. The Morgan fingerprint density at radius 3 is 2.35 bits per heavy atom. The highest BCUT2D eigenvalue weighted by Crippen LogP contribution is 2.30. The Balaban J connectivity index is 2.30. The number of aromatic nitrogens is 2. The number of aromatic amines is 1. The van der Waals surface area contributed by atoms with Crippen LogP contribution in [0.25, 0.3) is 11.1 Å². The molecule has 0 saturated carbocycles. The van der Waals surface area contributed by atoms with E-state index in [1.54, 1.807) is 0 Å². The summed E-state index contributed by atoms with van der Waals surface area (Å²) in [5.74, 6) is 0.562. The molecule has 0 amide bonds. The zero-order chi connectivity index (χ0) is 12.4. The molecule has 1 aromatic heterocycles. The second-order valence-electron chi connectivity index (χ2n) is 4.30. The average molecular weight is 247 g/mol. The van der Waals surface area contributed by atoms with Gasteiger partial charge in [0.2, 0.25) is 0 Å². The fourth-order valence-electron chi connectivity index (χ4n) is 1.78. The molecule has 17 heavy (non-hydrogen) atoms. The minimum absolute atomic E-state index is 0.562. The van der Waals surface area contributed by atoms with Crippen molar-refractivity contribution in [2.75, 3.05) is 5.73 Å². The Labute approximate surface area is 106 Å². The summed E-state index contributed by atoms with van der Waals surface area (Å²) >= 11 is 1.86. The van der Waals surface area contributed by atoms with Gasteiger partial charge in [-0.3, -0.25) is 5.10 Å². The first-order chi connectivity index (χ1) is 8.08. The van der Waals surface area contributed by atoms with Crippen molar-refractivity contribution in [3.8, 4) is 11.1 Å². The number of hydrogen-bond donors (Lipinski definition) is 2. The van der Waals surface area contributed by atoms with Gasteiger partial charge >= 0.3 is 0 Å². The molecule has 2 rings (SSSR count). The van der Waals surface area contributed by atoms with E-state index in [2.05, 4.69) is 48.3 Å². The first-order valence-corrected chi connectivity index (χ1v) is 6.53. The third kappa shape index (κ3) is 2.64. The summed E-state index contributed by atoms with van der Waals surface area (Å²) in [4.78, 5) is 1.28. The SMILES string of the molecule is Cc1[nH]nc(N)c1-c1ccc(SC(C)C)cc1. The molecule has 2 aromatic rings. The lowest BCUT2D eigenvalue weighted by Gasteiger charge is -2.06. The quantitative estimate of drug-likeness (QED) is 0.817. The summed E-state index contributed by atoms with van der Waals surface area (Å²) in [6.07, 6.45) is 0. The standard InChI is InChI=1S/C13H17N3S/c1-8(2)17-11-6-4-10(5-7-11)12-9(3)15-16-13(12)14/h4-8H,1-3H3,(H3,14,15,16). The van der Waals surface area contributed by atoms with Crippen LogP contribution in [0.3, 0.4) is 0 Å². The van der Waals surface area contributed by atoms with E-state index >= 15 is 0 Å². The number of anilines is 1. The zero-order valence-corrected chi connectivity index (χ0v) is 11.1. The molecule has 0 atom stereocenters. The number of nitrogens with zero attached hydrogens (tertiary/aromatic N) is 1. The molecule has 3 nitrogen and oxygen atoms in total. The Hall–Kier alpha value is -1.42. The van der Waals surface area contributed by atoms with Gasteiger partial charge in [0.15, 0.2) is 5.82 Å². The zero-order valence-electron chi connectivity index (χ0n) is 10.3. The molecule has 0 radical (unpaired) electrons. The van der Waals surface area contributed by atoms with E-state index in [1.807, 2.05) is 18.7 Å². The molecule has 90 valence electrons. The third-order valence-electron chi connectivity index (χ3n) is 2.49. The van der Waals surface area contributed by atoms with Gasteiger partial charge in [-0.25, -0.2) is 0 Å². The molecular formula is C13H17N3S. The minimum Gasteiger partial charge on any atom is -0.382 e. The average Bonchev–Trinajstić information content (AvgIpc) is 2.59. The van der Waals surface area contributed by atoms with Crippen molar-refractivity contribution in [1.29, 1.82) is 0 Å². The number of nitrogens with one attached hydrogen (secondary N) is 1. The molecule has 0 bridgehead atoms. The van der Waals surface area contributed by atoms with E-state index < -0.39 is 0 Å². The van der Waals surface area contributed by atoms with Crippen molar-refractivity contribution < 1.29 is 0 Å². The van der Waals surface area contributed by atoms with Crippen LogP contribution in [0.15, 0.2) is 29.2 Å². The topological polar surface area (TPSA) is 54.7 Å². The molecule has 3 N–H and O–H groups in total. The minimum atomic E-state index is 0.562. The molecule has 0 aliphatic carbocycles. The summed E-state index contributed by atoms with van der Waals surface area (Å²) in [5.41, 5.74) is 8.97. The largest absolute Gasteiger partial charge is 0.382 e. The van der Waals surface area contributed by atoms with Gasteiger partial charge in [-0.15, -0.1) is 11.8 Å². The summed E-state index contributed by atoms with van der Waals surface area (Å²) in [7, 11) is 0.